The van der Waals surface area contributed by atoms with Crippen molar-refractivity contribution in [2.45, 2.75) is 51.6 Å². The number of esters is 1. The van der Waals surface area contributed by atoms with Crippen LogP contribution < -0.4 is 10.6 Å². The van der Waals surface area contributed by atoms with Crippen molar-refractivity contribution in [1.82, 2.24) is 10.6 Å². The van der Waals surface area contributed by atoms with Gasteiger partial charge in [-0.1, -0.05) is 13.8 Å². The molecule has 0 heterocycles. The summed E-state index contributed by atoms with van der Waals surface area (Å²) in [5, 5.41) is 14.6. The lowest BCUT2D eigenvalue weighted by atomic mass is 10.1. The van der Waals surface area contributed by atoms with Gasteiger partial charge >= 0.3 is 11.9 Å². The second-order valence-corrected chi connectivity index (χ2v) is 4.79. The van der Waals surface area contributed by atoms with Crippen molar-refractivity contribution in [2.24, 2.45) is 0 Å². The van der Waals surface area contributed by atoms with Crippen LogP contribution in [0.4, 0.5) is 0 Å². The smallest absolute Gasteiger partial charge is 0.326 e. The van der Waals surface area contributed by atoms with E-state index in [-0.39, 0.29) is 25.2 Å². The van der Waals surface area contributed by atoms with E-state index in [1.54, 1.807) is 0 Å². The van der Waals surface area contributed by atoms with Gasteiger partial charge in [-0.3, -0.25) is 9.59 Å². The lowest BCUT2D eigenvalue weighted by Gasteiger charge is -2.14. The largest absolute Gasteiger partial charge is 0.480 e. The number of amides is 1. The third-order valence-corrected chi connectivity index (χ3v) is 2.63. The van der Waals surface area contributed by atoms with Crippen LogP contribution in [0.25, 0.3) is 0 Å². The van der Waals surface area contributed by atoms with Gasteiger partial charge in [-0.15, -0.1) is 0 Å². The first kappa shape index (κ1) is 18.4. The van der Waals surface area contributed by atoms with E-state index in [9.17, 15) is 14.4 Å². The van der Waals surface area contributed by atoms with Gasteiger partial charge in [-0.05, 0) is 19.4 Å². The molecule has 7 nitrogen and oxygen atoms in total. The van der Waals surface area contributed by atoms with Crippen molar-refractivity contribution in [3.05, 3.63) is 0 Å². The Balaban J connectivity index is 4.02. The summed E-state index contributed by atoms with van der Waals surface area (Å²) in [5.74, 6) is -1.97. The predicted molar refractivity (Wildman–Crippen MR) is 73.2 cm³/mol. The molecular formula is C13H24N2O5. The van der Waals surface area contributed by atoms with E-state index >= 15 is 0 Å². The molecule has 1 amide bonds. The molecular weight excluding hydrogens is 264 g/mol. The van der Waals surface area contributed by atoms with Crippen molar-refractivity contribution in [3.63, 3.8) is 0 Å². The van der Waals surface area contributed by atoms with Gasteiger partial charge in [0, 0.05) is 18.9 Å². The fraction of sp³-hybridized carbons (Fsp3) is 0.769. The summed E-state index contributed by atoms with van der Waals surface area (Å²) in [6.07, 6.45) is 0.871. The molecule has 0 aliphatic heterocycles. The van der Waals surface area contributed by atoms with Crippen LogP contribution in [-0.4, -0.2) is 48.7 Å². The summed E-state index contributed by atoms with van der Waals surface area (Å²) in [6, 6.07) is -0.704. The highest BCUT2D eigenvalue weighted by atomic mass is 16.5. The van der Waals surface area contributed by atoms with Gasteiger partial charge in [0.25, 0.3) is 0 Å². The molecule has 0 saturated heterocycles. The first-order valence-electron chi connectivity index (χ1n) is 6.69. The van der Waals surface area contributed by atoms with Crippen LogP contribution in [0.3, 0.4) is 0 Å². The molecule has 1 unspecified atom stereocenters. The molecule has 0 bridgehead atoms. The molecule has 0 saturated carbocycles. The van der Waals surface area contributed by atoms with Crippen LogP contribution in [-0.2, 0) is 19.1 Å². The van der Waals surface area contributed by atoms with Crippen molar-refractivity contribution in [3.8, 4) is 0 Å². The fourth-order valence-electron chi connectivity index (χ4n) is 1.53. The third-order valence-electron chi connectivity index (χ3n) is 2.63. The van der Waals surface area contributed by atoms with Gasteiger partial charge in [0.2, 0.25) is 5.91 Å². The molecule has 0 radical (unpaired) electrons. The minimum absolute atomic E-state index is 0.0258. The van der Waals surface area contributed by atoms with Crippen LogP contribution in [0.5, 0.6) is 0 Å². The number of hydrogen-bond donors (Lipinski definition) is 3. The number of hydrogen-bond acceptors (Lipinski definition) is 5. The number of ether oxygens (including phenoxy) is 1. The average molecular weight is 288 g/mol. The number of nitrogens with one attached hydrogen (secondary N) is 2. The molecule has 0 aliphatic carbocycles. The van der Waals surface area contributed by atoms with Crippen molar-refractivity contribution < 1.29 is 24.2 Å². The van der Waals surface area contributed by atoms with Gasteiger partial charge in [-0.25, -0.2) is 4.79 Å². The summed E-state index contributed by atoms with van der Waals surface area (Å²) in [4.78, 5) is 33.5. The molecule has 116 valence electrons. The Morgan fingerprint density at radius 2 is 1.85 bits per heavy atom. The number of methoxy groups -OCH3 is 1. The van der Waals surface area contributed by atoms with Crippen LogP contribution in [0.15, 0.2) is 0 Å². The third kappa shape index (κ3) is 9.32. The highest BCUT2D eigenvalue weighted by molar-refractivity contribution is 5.84. The Bertz CT molecular complexity index is 331. The minimum atomic E-state index is -1.15. The van der Waals surface area contributed by atoms with Crippen LogP contribution in [0, 0.1) is 0 Å². The Morgan fingerprint density at radius 3 is 2.35 bits per heavy atom. The molecule has 3 N–H and O–H groups in total. The average Bonchev–Trinajstić information content (AvgIpc) is 2.38. The van der Waals surface area contributed by atoms with Crippen LogP contribution in [0.1, 0.15) is 39.5 Å². The highest BCUT2D eigenvalue weighted by Crippen LogP contribution is 2.01. The van der Waals surface area contributed by atoms with Crippen molar-refractivity contribution in [2.75, 3.05) is 13.7 Å². The first-order chi connectivity index (χ1) is 9.36. The maximum atomic E-state index is 11.6. The van der Waals surface area contributed by atoms with Crippen LogP contribution in [0.2, 0.25) is 0 Å². The maximum Gasteiger partial charge on any atom is 0.326 e. The highest BCUT2D eigenvalue weighted by Gasteiger charge is 2.20. The van der Waals surface area contributed by atoms with E-state index in [4.69, 9.17) is 5.11 Å². The summed E-state index contributed by atoms with van der Waals surface area (Å²) >= 11 is 0. The summed E-state index contributed by atoms with van der Waals surface area (Å²) in [6.45, 7) is 4.71. The standard InChI is InChI=1S/C13H24N2O5/c1-9(2)14-8-4-5-11(16)15-10(13(18)19)6-7-12(17)20-3/h9-10,14H,4-8H2,1-3H3,(H,15,16)(H,18,19). The van der Waals surface area contributed by atoms with E-state index in [0.717, 1.165) is 0 Å². The Hall–Kier alpha value is -1.63. The first-order valence-corrected chi connectivity index (χ1v) is 6.69. The van der Waals surface area contributed by atoms with E-state index in [1.165, 1.54) is 7.11 Å². The number of aliphatic carboxylic acids is 1. The topological polar surface area (TPSA) is 105 Å². The molecule has 0 aromatic heterocycles. The second kappa shape index (κ2) is 10.2. The quantitative estimate of drug-likeness (QED) is 0.394. The summed E-state index contributed by atoms with van der Waals surface area (Å²) in [5.41, 5.74) is 0. The Morgan fingerprint density at radius 1 is 1.20 bits per heavy atom. The van der Waals surface area contributed by atoms with E-state index in [0.29, 0.717) is 19.0 Å². The molecule has 0 aromatic carbocycles. The Kier molecular flexibility index (Phi) is 9.36. The molecule has 0 fully saturated rings. The zero-order valence-corrected chi connectivity index (χ0v) is 12.3. The lowest BCUT2D eigenvalue weighted by Crippen LogP contribution is -2.41. The molecule has 20 heavy (non-hydrogen) atoms. The zero-order chi connectivity index (χ0) is 15.5. The minimum Gasteiger partial charge on any atom is -0.480 e. The van der Waals surface area contributed by atoms with Gasteiger partial charge in [0.1, 0.15) is 6.04 Å². The summed E-state index contributed by atoms with van der Waals surface area (Å²) < 4.78 is 4.43. The van der Waals surface area contributed by atoms with Crippen molar-refractivity contribution in [1.29, 1.82) is 0 Å². The number of carbonyl (C=O) groups excluding carboxylic acids is 2. The van der Waals surface area contributed by atoms with Crippen LogP contribution >= 0.6 is 0 Å². The Labute approximate surface area is 119 Å². The summed E-state index contributed by atoms with van der Waals surface area (Å²) in [7, 11) is 1.23. The molecule has 0 spiro atoms. The molecule has 1 atom stereocenters. The van der Waals surface area contributed by atoms with Gasteiger partial charge in [0.05, 0.1) is 7.11 Å². The van der Waals surface area contributed by atoms with Gasteiger partial charge < -0.3 is 20.5 Å². The second-order valence-electron chi connectivity index (χ2n) is 4.79. The van der Waals surface area contributed by atoms with E-state index < -0.39 is 18.0 Å². The molecule has 0 rings (SSSR count). The van der Waals surface area contributed by atoms with Gasteiger partial charge in [0.15, 0.2) is 0 Å². The van der Waals surface area contributed by atoms with E-state index in [2.05, 4.69) is 15.4 Å². The van der Waals surface area contributed by atoms with Gasteiger partial charge in [-0.2, -0.15) is 0 Å². The molecule has 7 heteroatoms. The number of carboxylic acids is 1. The monoisotopic (exact) mass is 288 g/mol. The molecule has 0 aliphatic rings. The number of carboxylic acid groups (broad SMARTS) is 1. The van der Waals surface area contributed by atoms with Crippen molar-refractivity contribution >= 4 is 17.8 Å². The fourth-order valence-corrected chi connectivity index (χ4v) is 1.53. The lowest BCUT2D eigenvalue weighted by molar-refractivity contribution is -0.144. The van der Waals surface area contributed by atoms with E-state index in [1.807, 2.05) is 13.8 Å². The SMILES string of the molecule is COC(=O)CCC(NC(=O)CCCNC(C)C)C(=O)O. The maximum absolute atomic E-state index is 11.6. The zero-order valence-electron chi connectivity index (χ0n) is 12.3. The number of carbonyl (C=O) groups is 3. The number of rotatable bonds is 10. The predicted octanol–water partition coefficient (Wildman–Crippen LogP) is 0.287. The normalized spacial score (nSPS) is 12.0. The molecule has 0 aromatic rings.